The first-order valence-electron chi connectivity index (χ1n) is 8.55. The third-order valence-corrected chi connectivity index (χ3v) is 4.20. The summed E-state index contributed by atoms with van der Waals surface area (Å²) >= 11 is 0. The quantitative estimate of drug-likeness (QED) is 0.696. The van der Waals surface area contributed by atoms with Crippen LogP contribution in [0.5, 0.6) is 5.75 Å². The van der Waals surface area contributed by atoms with Gasteiger partial charge in [-0.2, -0.15) is 0 Å². The van der Waals surface area contributed by atoms with E-state index in [9.17, 15) is 4.79 Å². The molecule has 0 aliphatic carbocycles. The van der Waals surface area contributed by atoms with Gasteiger partial charge in [-0.05, 0) is 35.7 Å². The van der Waals surface area contributed by atoms with E-state index in [1.807, 2.05) is 42.5 Å². The average Bonchev–Trinajstić information content (AvgIpc) is 3.04. The molecular formula is C20H23N3O2. The van der Waals surface area contributed by atoms with Crippen LogP contribution < -0.4 is 10.1 Å². The van der Waals surface area contributed by atoms with E-state index < -0.39 is 0 Å². The number of nitrogens with zero attached hydrogens (tertiary/aromatic N) is 1. The van der Waals surface area contributed by atoms with E-state index in [1.165, 1.54) is 0 Å². The third kappa shape index (κ3) is 4.18. The first-order valence-corrected chi connectivity index (χ1v) is 8.55. The molecule has 2 aromatic carbocycles. The second kappa shape index (κ2) is 7.83. The molecule has 5 nitrogen and oxygen atoms in total. The molecule has 3 aromatic rings. The minimum Gasteiger partial charge on any atom is -0.496 e. The molecule has 0 atom stereocenters. The largest absolute Gasteiger partial charge is 0.496 e. The van der Waals surface area contributed by atoms with Crippen molar-refractivity contribution in [3.05, 3.63) is 59.4 Å². The van der Waals surface area contributed by atoms with Crippen LogP contribution in [0.2, 0.25) is 0 Å². The van der Waals surface area contributed by atoms with Crippen LogP contribution in [0, 0.1) is 0 Å². The Labute approximate surface area is 147 Å². The highest BCUT2D eigenvalue weighted by molar-refractivity contribution is 5.81. The Morgan fingerprint density at radius 2 is 2.08 bits per heavy atom. The van der Waals surface area contributed by atoms with Gasteiger partial charge < -0.3 is 15.0 Å². The van der Waals surface area contributed by atoms with Crippen molar-refractivity contribution < 1.29 is 9.53 Å². The molecule has 2 N–H and O–H groups in total. The van der Waals surface area contributed by atoms with Crippen molar-refractivity contribution in [2.24, 2.45) is 0 Å². The number of carbonyl (C=O) groups excluding carboxylic acids is 1. The molecule has 1 amide bonds. The molecule has 1 heterocycles. The molecule has 3 rings (SSSR count). The van der Waals surface area contributed by atoms with E-state index in [2.05, 4.69) is 22.2 Å². The zero-order valence-corrected chi connectivity index (χ0v) is 14.6. The molecule has 25 heavy (non-hydrogen) atoms. The summed E-state index contributed by atoms with van der Waals surface area (Å²) < 4.78 is 5.33. The van der Waals surface area contributed by atoms with Crippen LogP contribution in [0.1, 0.15) is 23.9 Å². The zero-order valence-electron chi connectivity index (χ0n) is 14.6. The minimum atomic E-state index is 0.0180. The van der Waals surface area contributed by atoms with Crippen LogP contribution in [0.15, 0.2) is 42.5 Å². The van der Waals surface area contributed by atoms with Gasteiger partial charge in [0.1, 0.15) is 11.6 Å². The smallest absolute Gasteiger partial charge is 0.224 e. The Bertz CT molecular complexity index is 870. The molecule has 1 aromatic heterocycles. The third-order valence-electron chi connectivity index (χ3n) is 4.20. The Balaban J connectivity index is 1.55. The number of para-hydroxylation sites is 1. The number of ether oxygens (including phenoxy) is 1. The van der Waals surface area contributed by atoms with Crippen LogP contribution in [0.4, 0.5) is 0 Å². The predicted octanol–water partition coefficient (Wildman–Crippen LogP) is 3.04. The van der Waals surface area contributed by atoms with Crippen LogP contribution >= 0.6 is 0 Å². The number of aromatic nitrogens is 2. The number of amides is 1. The minimum absolute atomic E-state index is 0.0180. The van der Waals surface area contributed by atoms with Gasteiger partial charge in [-0.15, -0.1) is 0 Å². The van der Waals surface area contributed by atoms with E-state index in [4.69, 9.17) is 4.74 Å². The lowest BCUT2D eigenvalue weighted by molar-refractivity contribution is -0.120. The molecule has 0 spiro atoms. The highest BCUT2D eigenvalue weighted by atomic mass is 16.5. The van der Waals surface area contributed by atoms with Gasteiger partial charge in [-0.1, -0.05) is 31.2 Å². The molecule has 0 radical (unpaired) electrons. The van der Waals surface area contributed by atoms with Gasteiger partial charge in [0.25, 0.3) is 0 Å². The number of aryl methyl sites for hydroxylation is 1. The first-order chi connectivity index (χ1) is 12.2. The van der Waals surface area contributed by atoms with E-state index in [-0.39, 0.29) is 5.91 Å². The monoisotopic (exact) mass is 337 g/mol. The van der Waals surface area contributed by atoms with Gasteiger partial charge in [0.15, 0.2) is 0 Å². The second-order valence-corrected chi connectivity index (χ2v) is 5.98. The lowest BCUT2D eigenvalue weighted by Crippen LogP contribution is -2.27. The van der Waals surface area contributed by atoms with E-state index in [1.54, 1.807) is 7.11 Å². The van der Waals surface area contributed by atoms with Crippen molar-refractivity contribution in [1.82, 2.24) is 15.3 Å². The second-order valence-electron chi connectivity index (χ2n) is 5.98. The SMILES string of the molecule is CCc1nc2ccc(CC(=O)NCCc3ccccc3OC)cc2[nH]1. The van der Waals surface area contributed by atoms with Crippen LogP contribution in [0.3, 0.4) is 0 Å². The maximum absolute atomic E-state index is 12.2. The summed E-state index contributed by atoms with van der Waals surface area (Å²) in [7, 11) is 1.66. The van der Waals surface area contributed by atoms with Gasteiger partial charge in [-0.25, -0.2) is 4.98 Å². The summed E-state index contributed by atoms with van der Waals surface area (Å²) in [6.45, 7) is 2.65. The summed E-state index contributed by atoms with van der Waals surface area (Å²) in [5.74, 6) is 1.84. The number of imidazole rings is 1. The van der Waals surface area contributed by atoms with Gasteiger partial charge >= 0.3 is 0 Å². The van der Waals surface area contributed by atoms with E-state index >= 15 is 0 Å². The van der Waals surface area contributed by atoms with Crippen molar-refractivity contribution in [1.29, 1.82) is 0 Å². The molecule has 5 heteroatoms. The first kappa shape index (κ1) is 17.0. The van der Waals surface area contributed by atoms with Crippen molar-refractivity contribution >= 4 is 16.9 Å². The molecule has 0 fully saturated rings. The van der Waals surface area contributed by atoms with Crippen molar-refractivity contribution in [3.63, 3.8) is 0 Å². The van der Waals surface area contributed by atoms with E-state index in [0.29, 0.717) is 13.0 Å². The fraction of sp³-hybridized carbons (Fsp3) is 0.300. The lowest BCUT2D eigenvalue weighted by Gasteiger charge is -2.09. The fourth-order valence-corrected chi connectivity index (χ4v) is 2.88. The van der Waals surface area contributed by atoms with Crippen molar-refractivity contribution in [2.75, 3.05) is 13.7 Å². The van der Waals surface area contributed by atoms with Crippen LogP contribution in [0.25, 0.3) is 11.0 Å². The number of hydrogen-bond donors (Lipinski definition) is 2. The topological polar surface area (TPSA) is 67.0 Å². The number of aromatic amines is 1. The number of hydrogen-bond acceptors (Lipinski definition) is 3. The standard InChI is InChI=1S/C20H23N3O2/c1-3-19-22-16-9-8-14(12-17(16)23-19)13-20(24)21-11-10-15-6-4-5-7-18(15)25-2/h4-9,12H,3,10-11,13H2,1-2H3,(H,21,24)(H,22,23). The summed E-state index contributed by atoms with van der Waals surface area (Å²) in [5, 5.41) is 2.98. The van der Waals surface area contributed by atoms with Crippen molar-refractivity contribution in [3.8, 4) is 5.75 Å². The number of nitrogens with one attached hydrogen (secondary N) is 2. The number of fused-ring (bicyclic) bond motifs is 1. The van der Waals surface area contributed by atoms with E-state index in [0.717, 1.165) is 46.6 Å². The maximum atomic E-state index is 12.2. The molecule has 0 aliphatic heterocycles. The molecule has 130 valence electrons. The fourth-order valence-electron chi connectivity index (χ4n) is 2.88. The van der Waals surface area contributed by atoms with Gasteiger partial charge in [0, 0.05) is 13.0 Å². The summed E-state index contributed by atoms with van der Waals surface area (Å²) in [5.41, 5.74) is 4.00. The zero-order chi connectivity index (χ0) is 17.6. The Morgan fingerprint density at radius 3 is 2.88 bits per heavy atom. The average molecular weight is 337 g/mol. The van der Waals surface area contributed by atoms with Crippen molar-refractivity contribution in [2.45, 2.75) is 26.2 Å². The maximum Gasteiger partial charge on any atom is 0.224 e. The number of benzene rings is 2. The number of carbonyl (C=O) groups is 1. The predicted molar refractivity (Wildman–Crippen MR) is 98.9 cm³/mol. The number of H-pyrrole nitrogens is 1. The lowest BCUT2D eigenvalue weighted by atomic mass is 10.1. The van der Waals surface area contributed by atoms with Gasteiger partial charge in [0.2, 0.25) is 5.91 Å². The Kier molecular flexibility index (Phi) is 5.33. The summed E-state index contributed by atoms with van der Waals surface area (Å²) in [6, 6.07) is 13.8. The summed E-state index contributed by atoms with van der Waals surface area (Å²) in [6.07, 6.45) is 1.98. The molecule has 0 saturated carbocycles. The highest BCUT2D eigenvalue weighted by Crippen LogP contribution is 2.17. The Hall–Kier alpha value is -2.82. The number of rotatable bonds is 7. The molecular weight excluding hydrogens is 314 g/mol. The number of methoxy groups -OCH3 is 1. The molecule has 0 bridgehead atoms. The molecule has 0 unspecified atom stereocenters. The van der Waals surface area contributed by atoms with Gasteiger partial charge in [-0.3, -0.25) is 4.79 Å². The molecule has 0 saturated heterocycles. The molecule has 0 aliphatic rings. The highest BCUT2D eigenvalue weighted by Gasteiger charge is 2.07. The van der Waals surface area contributed by atoms with Gasteiger partial charge in [0.05, 0.1) is 24.6 Å². The normalized spacial score (nSPS) is 10.8. The van der Waals surface area contributed by atoms with Crippen LogP contribution in [-0.2, 0) is 24.1 Å². The summed E-state index contributed by atoms with van der Waals surface area (Å²) in [4.78, 5) is 19.9. The van der Waals surface area contributed by atoms with Crippen LogP contribution in [-0.4, -0.2) is 29.5 Å². The Morgan fingerprint density at radius 1 is 1.24 bits per heavy atom.